The third-order valence-electron chi connectivity index (χ3n) is 2.69. The third kappa shape index (κ3) is 3.75. The summed E-state index contributed by atoms with van der Waals surface area (Å²) in [5, 5.41) is 2.87. The number of alkyl halides is 1. The fourth-order valence-corrected chi connectivity index (χ4v) is 2.25. The second-order valence-electron chi connectivity index (χ2n) is 4.02. The van der Waals surface area contributed by atoms with E-state index in [2.05, 4.69) is 5.32 Å². The second kappa shape index (κ2) is 6.64. The van der Waals surface area contributed by atoms with Crippen LogP contribution in [0.4, 0.5) is 5.69 Å². The highest BCUT2D eigenvalue weighted by Gasteiger charge is 2.06. The summed E-state index contributed by atoms with van der Waals surface area (Å²) in [6.07, 6.45) is 2.01. The molecule has 0 spiro atoms. The van der Waals surface area contributed by atoms with Crippen molar-refractivity contribution in [1.82, 2.24) is 0 Å². The number of amides is 1. The highest BCUT2D eigenvalue weighted by atomic mass is 35.5. The number of carbonyl (C=O) groups is 1. The van der Waals surface area contributed by atoms with Crippen LogP contribution in [0.25, 0.3) is 0 Å². The predicted octanol–water partition coefficient (Wildman–Crippen LogP) is 4.40. The fourth-order valence-electron chi connectivity index (χ4n) is 1.68. The van der Waals surface area contributed by atoms with Gasteiger partial charge >= 0.3 is 0 Å². The number of anilines is 1. The highest BCUT2D eigenvalue weighted by Crippen LogP contribution is 2.17. The molecule has 0 saturated carbocycles. The minimum absolute atomic E-state index is 0.112. The van der Waals surface area contributed by atoms with Gasteiger partial charge in [0.05, 0.1) is 0 Å². The quantitative estimate of drug-likeness (QED) is 0.668. The standard InChI is InChI=1S/C15H14ClNOS/c1-19-14-7-5-12(6-8-14)15(18)17-13-4-2-3-11(9-13)10-16/h2-9H,10H2,1H3,(H,17,18). The molecule has 4 heteroatoms. The topological polar surface area (TPSA) is 29.1 Å². The van der Waals surface area contributed by atoms with Gasteiger partial charge in [-0.05, 0) is 48.2 Å². The summed E-state index contributed by atoms with van der Waals surface area (Å²) in [6, 6.07) is 15.1. The summed E-state index contributed by atoms with van der Waals surface area (Å²) in [6.45, 7) is 0. The van der Waals surface area contributed by atoms with Crippen LogP contribution < -0.4 is 5.32 Å². The lowest BCUT2D eigenvalue weighted by Gasteiger charge is -2.07. The molecule has 0 heterocycles. The van der Waals surface area contributed by atoms with Gasteiger partial charge < -0.3 is 5.32 Å². The summed E-state index contributed by atoms with van der Waals surface area (Å²) in [4.78, 5) is 13.2. The Morgan fingerprint density at radius 1 is 1.21 bits per heavy atom. The van der Waals surface area contributed by atoms with Gasteiger partial charge in [-0.2, -0.15) is 0 Å². The lowest BCUT2D eigenvalue weighted by atomic mass is 10.2. The van der Waals surface area contributed by atoms with Gasteiger partial charge in [-0.1, -0.05) is 12.1 Å². The first kappa shape index (κ1) is 14.0. The number of rotatable bonds is 4. The van der Waals surface area contributed by atoms with Gasteiger partial charge in [-0.3, -0.25) is 4.79 Å². The van der Waals surface area contributed by atoms with E-state index < -0.39 is 0 Å². The van der Waals surface area contributed by atoms with Crippen LogP contribution in [0.2, 0.25) is 0 Å². The SMILES string of the molecule is CSc1ccc(C(=O)Nc2cccc(CCl)c2)cc1. The van der Waals surface area contributed by atoms with Crippen LogP contribution in [0.5, 0.6) is 0 Å². The van der Waals surface area contributed by atoms with E-state index >= 15 is 0 Å². The Kier molecular flexibility index (Phi) is 4.88. The minimum atomic E-state index is -0.112. The number of hydrogen-bond donors (Lipinski definition) is 1. The van der Waals surface area contributed by atoms with Crippen molar-refractivity contribution in [3.8, 4) is 0 Å². The van der Waals surface area contributed by atoms with Crippen LogP contribution in [0.15, 0.2) is 53.4 Å². The molecule has 0 fully saturated rings. The predicted molar refractivity (Wildman–Crippen MR) is 82.2 cm³/mol. The van der Waals surface area contributed by atoms with Gasteiger partial charge in [0.1, 0.15) is 0 Å². The van der Waals surface area contributed by atoms with Crippen LogP contribution in [-0.2, 0) is 5.88 Å². The zero-order chi connectivity index (χ0) is 13.7. The van der Waals surface area contributed by atoms with Crippen molar-refractivity contribution in [3.05, 3.63) is 59.7 Å². The number of benzene rings is 2. The molecule has 2 rings (SSSR count). The Morgan fingerprint density at radius 3 is 2.58 bits per heavy atom. The fraction of sp³-hybridized carbons (Fsp3) is 0.133. The van der Waals surface area contributed by atoms with Crippen molar-refractivity contribution in [1.29, 1.82) is 0 Å². The molecular formula is C15H14ClNOS. The van der Waals surface area contributed by atoms with Gasteiger partial charge in [0, 0.05) is 22.0 Å². The van der Waals surface area contributed by atoms with E-state index in [0.29, 0.717) is 11.4 Å². The lowest BCUT2D eigenvalue weighted by molar-refractivity contribution is 0.102. The molecule has 2 aromatic rings. The first-order valence-corrected chi connectivity index (χ1v) is 7.59. The molecule has 0 aliphatic heterocycles. The van der Waals surface area contributed by atoms with Crippen molar-refractivity contribution < 1.29 is 4.79 Å². The van der Waals surface area contributed by atoms with Gasteiger partial charge in [0.2, 0.25) is 0 Å². The molecule has 0 bridgehead atoms. The maximum atomic E-state index is 12.1. The maximum Gasteiger partial charge on any atom is 0.255 e. The zero-order valence-corrected chi connectivity index (χ0v) is 12.1. The van der Waals surface area contributed by atoms with Crippen LogP contribution in [-0.4, -0.2) is 12.2 Å². The lowest BCUT2D eigenvalue weighted by Crippen LogP contribution is -2.11. The average molecular weight is 292 g/mol. The summed E-state index contributed by atoms with van der Waals surface area (Å²) in [7, 11) is 0. The highest BCUT2D eigenvalue weighted by molar-refractivity contribution is 7.98. The number of hydrogen-bond acceptors (Lipinski definition) is 2. The van der Waals surface area contributed by atoms with E-state index in [4.69, 9.17) is 11.6 Å². The molecule has 2 nitrogen and oxygen atoms in total. The molecule has 98 valence electrons. The molecule has 0 radical (unpaired) electrons. The molecule has 19 heavy (non-hydrogen) atoms. The number of halogens is 1. The molecule has 0 saturated heterocycles. The number of nitrogens with one attached hydrogen (secondary N) is 1. The van der Waals surface area contributed by atoms with Crippen molar-refractivity contribution in [3.63, 3.8) is 0 Å². The Bertz CT molecular complexity index is 569. The monoisotopic (exact) mass is 291 g/mol. The molecule has 1 amide bonds. The molecule has 0 aromatic heterocycles. The molecule has 0 atom stereocenters. The maximum absolute atomic E-state index is 12.1. The van der Waals surface area contributed by atoms with Gasteiger partial charge in [0.25, 0.3) is 5.91 Å². The van der Waals surface area contributed by atoms with Crippen molar-refractivity contribution in [2.24, 2.45) is 0 Å². The first-order chi connectivity index (χ1) is 9.22. The van der Waals surface area contributed by atoms with E-state index in [0.717, 1.165) is 16.1 Å². The van der Waals surface area contributed by atoms with E-state index in [1.54, 1.807) is 11.8 Å². The second-order valence-corrected chi connectivity index (χ2v) is 5.16. The normalized spacial score (nSPS) is 10.2. The Morgan fingerprint density at radius 2 is 1.95 bits per heavy atom. The van der Waals surface area contributed by atoms with E-state index in [-0.39, 0.29) is 5.91 Å². The van der Waals surface area contributed by atoms with Crippen molar-refractivity contribution >= 4 is 35.0 Å². The molecule has 0 unspecified atom stereocenters. The van der Waals surface area contributed by atoms with Crippen LogP contribution in [0.3, 0.4) is 0 Å². The van der Waals surface area contributed by atoms with Crippen LogP contribution in [0, 0.1) is 0 Å². The summed E-state index contributed by atoms with van der Waals surface area (Å²) in [5.74, 6) is 0.325. The molecule has 0 aliphatic rings. The zero-order valence-electron chi connectivity index (χ0n) is 10.5. The van der Waals surface area contributed by atoms with E-state index in [1.165, 1.54) is 0 Å². The largest absolute Gasteiger partial charge is 0.322 e. The van der Waals surface area contributed by atoms with Gasteiger partial charge in [0.15, 0.2) is 0 Å². The first-order valence-electron chi connectivity index (χ1n) is 5.83. The minimum Gasteiger partial charge on any atom is -0.322 e. The third-order valence-corrected chi connectivity index (χ3v) is 3.74. The molecule has 0 aliphatic carbocycles. The average Bonchev–Trinajstić information content (AvgIpc) is 2.47. The van der Waals surface area contributed by atoms with Crippen LogP contribution in [0.1, 0.15) is 15.9 Å². The number of thioether (sulfide) groups is 1. The van der Waals surface area contributed by atoms with Crippen molar-refractivity contribution in [2.45, 2.75) is 10.8 Å². The summed E-state index contributed by atoms with van der Waals surface area (Å²) < 4.78 is 0. The molecule has 2 aromatic carbocycles. The summed E-state index contributed by atoms with van der Waals surface area (Å²) in [5.41, 5.74) is 2.39. The molecular weight excluding hydrogens is 278 g/mol. The van der Waals surface area contributed by atoms with Crippen molar-refractivity contribution in [2.75, 3.05) is 11.6 Å². The Hall–Kier alpha value is -1.45. The van der Waals surface area contributed by atoms with Gasteiger partial charge in [-0.25, -0.2) is 0 Å². The van der Waals surface area contributed by atoms with Gasteiger partial charge in [-0.15, -0.1) is 23.4 Å². The molecule has 1 N–H and O–H groups in total. The smallest absolute Gasteiger partial charge is 0.255 e. The Balaban J connectivity index is 2.11. The Labute approximate surface area is 122 Å². The van der Waals surface area contributed by atoms with E-state index in [9.17, 15) is 4.79 Å². The van der Waals surface area contributed by atoms with E-state index in [1.807, 2.05) is 54.8 Å². The summed E-state index contributed by atoms with van der Waals surface area (Å²) >= 11 is 7.42. The van der Waals surface area contributed by atoms with Crippen LogP contribution >= 0.6 is 23.4 Å². The number of carbonyl (C=O) groups excluding carboxylic acids is 1.